The van der Waals surface area contributed by atoms with E-state index in [4.69, 9.17) is 16.0 Å². The maximum Gasteiger partial charge on any atom is 0.337 e. The number of carboxylic acid groups (broad SMARTS) is 1. The van der Waals surface area contributed by atoms with E-state index in [1.165, 1.54) is 18.2 Å². The Balaban J connectivity index is 1.84. The molecule has 7 heteroatoms. The van der Waals surface area contributed by atoms with Gasteiger partial charge < -0.3 is 14.8 Å². The molecule has 0 fully saturated rings. The number of carbonyl (C=O) groups excluding carboxylic acids is 1. The van der Waals surface area contributed by atoms with Crippen LogP contribution in [0.3, 0.4) is 0 Å². The van der Waals surface area contributed by atoms with Crippen molar-refractivity contribution in [2.45, 2.75) is 0 Å². The molecule has 0 saturated heterocycles. The molecular formula is C21H13ClN2O4. The summed E-state index contributed by atoms with van der Waals surface area (Å²) in [5, 5.41) is 21.2. The molecule has 0 aliphatic heterocycles. The van der Waals surface area contributed by atoms with Gasteiger partial charge in [-0.2, -0.15) is 5.26 Å². The molecule has 1 amide bonds. The van der Waals surface area contributed by atoms with Gasteiger partial charge in [-0.15, -0.1) is 0 Å². The largest absolute Gasteiger partial charge is 0.478 e. The number of hydrogen-bond acceptors (Lipinski definition) is 4. The summed E-state index contributed by atoms with van der Waals surface area (Å²) in [5.41, 5.74) is 0.893. The van der Waals surface area contributed by atoms with Crippen molar-refractivity contribution in [1.82, 2.24) is 0 Å². The lowest BCUT2D eigenvalue weighted by Crippen LogP contribution is -2.13. The van der Waals surface area contributed by atoms with Gasteiger partial charge in [-0.1, -0.05) is 29.8 Å². The van der Waals surface area contributed by atoms with Crippen molar-refractivity contribution < 1.29 is 19.1 Å². The second-order valence-electron chi connectivity index (χ2n) is 5.69. The Kier molecular flexibility index (Phi) is 5.58. The number of hydrogen-bond donors (Lipinski definition) is 2. The molecule has 1 heterocycles. The zero-order chi connectivity index (χ0) is 20.1. The standard InChI is InChI=1S/C21H13ClN2O4/c22-18-8-6-13(11-17(18)21(26)27)19-9-7-16(28-19)10-14(12-23)20(25)24-15-4-2-1-3-5-15/h1-11H,(H,24,25)(H,26,27)/b14-10+. The summed E-state index contributed by atoms with van der Waals surface area (Å²) in [6.45, 7) is 0. The van der Waals surface area contributed by atoms with Crippen LogP contribution < -0.4 is 5.32 Å². The Bertz CT molecular complexity index is 1110. The van der Waals surface area contributed by atoms with Gasteiger partial charge in [-0.3, -0.25) is 4.79 Å². The number of rotatable bonds is 5. The Morgan fingerprint density at radius 2 is 1.86 bits per heavy atom. The van der Waals surface area contributed by atoms with E-state index in [2.05, 4.69) is 5.32 Å². The summed E-state index contributed by atoms with van der Waals surface area (Å²) in [5.74, 6) is -1.05. The summed E-state index contributed by atoms with van der Waals surface area (Å²) in [6, 6.07) is 18.3. The summed E-state index contributed by atoms with van der Waals surface area (Å²) in [7, 11) is 0. The molecule has 0 atom stereocenters. The second-order valence-corrected chi connectivity index (χ2v) is 6.10. The smallest absolute Gasteiger partial charge is 0.337 e. The van der Waals surface area contributed by atoms with Crippen LogP contribution >= 0.6 is 11.6 Å². The molecule has 0 aliphatic carbocycles. The fraction of sp³-hybridized carbons (Fsp3) is 0. The van der Waals surface area contributed by atoms with Crippen LogP contribution in [0.5, 0.6) is 0 Å². The van der Waals surface area contributed by atoms with Crippen LogP contribution in [-0.2, 0) is 4.79 Å². The molecule has 2 aromatic carbocycles. The molecule has 2 N–H and O–H groups in total. The number of nitrogens with zero attached hydrogens (tertiary/aromatic N) is 1. The zero-order valence-corrected chi connectivity index (χ0v) is 15.1. The molecule has 6 nitrogen and oxygen atoms in total. The van der Waals surface area contributed by atoms with Crippen LogP contribution in [0.1, 0.15) is 16.1 Å². The fourth-order valence-electron chi connectivity index (χ4n) is 2.44. The highest BCUT2D eigenvalue weighted by atomic mass is 35.5. The quantitative estimate of drug-likeness (QED) is 0.477. The van der Waals surface area contributed by atoms with E-state index in [1.54, 1.807) is 42.5 Å². The number of furan rings is 1. The number of nitriles is 1. The highest BCUT2D eigenvalue weighted by molar-refractivity contribution is 6.33. The van der Waals surface area contributed by atoms with E-state index >= 15 is 0 Å². The lowest BCUT2D eigenvalue weighted by molar-refractivity contribution is -0.112. The summed E-state index contributed by atoms with van der Waals surface area (Å²) >= 11 is 5.87. The van der Waals surface area contributed by atoms with Crippen molar-refractivity contribution in [3.8, 4) is 17.4 Å². The van der Waals surface area contributed by atoms with Gasteiger partial charge in [-0.25, -0.2) is 4.79 Å². The van der Waals surface area contributed by atoms with Crippen LogP contribution in [0.15, 0.2) is 70.7 Å². The lowest BCUT2D eigenvalue weighted by Gasteiger charge is -2.03. The first-order chi connectivity index (χ1) is 13.5. The average molecular weight is 393 g/mol. The van der Waals surface area contributed by atoms with Crippen molar-refractivity contribution >= 4 is 35.2 Å². The summed E-state index contributed by atoms with van der Waals surface area (Å²) in [6.07, 6.45) is 1.32. The van der Waals surface area contributed by atoms with E-state index < -0.39 is 11.9 Å². The van der Waals surface area contributed by atoms with E-state index in [0.717, 1.165) is 0 Å². The molecule has 0 bridgehead atoms. The van der Waals surface area contributed by atoms with E-state index in [1.807, 2.05) is 12.1 Å². The molecule has 0 spiro atoms. The lowest BCUT2D eigenvalue weighted by atomic mass is 10.1. The normalized spacial score (nSPS) is 10.9. The molecule has 0 saturated carbocycles. The number of carbonyl (C=O) groups is 2. The first kappa shape index (κ1) is 19.0. The topological polar surface area (TPSA) is 103 Å². The third kappa shape index (κ3) is 4.29. The fourth-order valence-corrected chi connectivity index (χ4v) is 2.64. The Hall–Kier alpha value is -3.82. The van der Waals surface area contributed by atoms with E-state index in [9.17, 15) is 20.0 Å². The van der Waals surface area contributed by atoms with Crippen molar-refractivity contribution in [3.63, 3.8) is 0 Å². The average Bonchev–Trinajstić information content (AvgIpc) is 3.15. The zero-order valence-electron chi connectivity index (χ0n) is 14.3. The Morgan fingerprint density at radius 3 is 2.54 bits per heavy atom. The van der Waals surface area contributed by atoms with Crippen LogP contribution in [0.25, 0.3) is 17.4 Å². The summed E-state index contributed by atoms with van der Waals surface area (Å²) < 4.78 is 5.63. The number of para-hydroxylation sites is 1. The first-order valence-electron chi connectivity index (χ1n) is 8.09. The van der Waals surface area contributed by atoms with E-state index in [-0.39, 0.29) is 21.9 Å². The van der Waals surface area contributed by atoms with Crippen LogP contribution in [0.2, 0.25) is 5.02 Å². The number of nitrogens with one attached hydrogen (secondary N) is 1. The molecule has 28 heavy (non-hydrogen) atoms. The molecule has 0 unspecified atom stereocenters. The van der Waals surface area contributed by atoms with Gasteiger partial charge in [-0.05, 0) is 42.5 Å². The third-order valence-electron chi connectivity index (χ3n) is 3.79. The highest BCUT2D eigenvalue weighted by Gasteiger charge is 2.14. The molecule has 3 aromatic rings. The van der Waals surface area contributed by atoms with Gasteiger partial charge in [0.25, 0.3) is 5.91 Å². The van der Waals surface area contributed by atoms with Gasteiger partial charge in [0.15, 0.2) is 0 Å². The number of benzene rings is 2. The number of aromatic carboxylic acids is 1. The number of carboxylic acids is 1. The van der Waals surface area contributed by atoms with Crippen molar-refractivity contribution in [3.05, 3.63) is 82.6 Å². The van der Waals surface area contributed by atoms with Gasteiger partial charge in [0.05, 0.1) is 10.6 Å². The molecule has 3 rings (SSSR count). The monoisotopic (exact) mass is 392 g/mol. The van der Waals surface area contributed by atoms with Crippen molar-refractivity contribution in [1.29, 1.82) is 5.26 Å². The maximum atomic E-state index is 12.3. The van der Waals surface area contributed by atoms with Gasteiger partial charge >= 0.3 is 5.97 Å². The molecule has 138 valence electrons. The molecule has 0 aliphatic rings. The van der Waals surface area contributed by atoms with Crippen molar-refractivity contribution in [2.75, 3.05) is 5.32 Å². The third-order valence-corrected chi connectivity index (χ3v) is 4.12. The first-order valence-corrected chi connectivity index (χ1v) is 8.47. The second kappa shape index (κ2) is 8.25. The minimum atomic E-state index is -1.15. The minimum absolute atomic E-state index is 0.0485. The summed E-state index contributed by atoms with van der Waals surface area (Å²) in [4.78, 5) is 23.5. The maximum absolute atomic E-state index is 12.3. The molecular weight excluding hydrogens is 380 g/mol. The number of amides is 1. The van der Waals surface area contributed by atoms with Crippen LogP contribution in [0.4, 0.5) is 5.69 Å². The number of anilines is 1. The van der Waals surface area contributed by atoms with Crippen LogP contribution in [-0.4, -0.2) is 17.0 Å². The van der Waals surface area contributed by atoms with Crippen LogP contribution in [0, 0.1) is 11.3 Å². The highest BCUT2D eigenvalue weighted by Crippen LogP contribution is 2.27. The Morgan fingerprint density at radius 1 is 1.11 bits per heavy atom. The number of halogens is 1. The molecule has 1 aromatic heterocycles. The van der Waals surface area contributed by atoms with Gasteiger partial charge in [0.2, 0.25) is 0 Å². The predicted octanol–water partition coefficient (Wildman–Crippen LogP) is 4.84. The molecule has 0 radical (unpaired) electrons. The van der Waals surface area contributed by atoms with Gasteiger partial charge in [0, 0.05) is 17.3 Å². The van der Waals surface area contributed by atoms with E-state index in [0.29, 0.717) is 17.0 Å². The Labute approximate surface area is 165 Å². The van der Waals surface area contributed by atoms with Gasteiger partial charge in [0.1, 0.15) is 23.2 Å². The van der Waals surface area contributed by atoms with Crippen molar-refractivity contribution in [2.24, 2.45) is 0 Å². The SMILES string of the molecule is N#C/C(=C\c1ccc(-c2ccc(Cl)c(C(=O)O)c2)o1)C(=O)Nc1ccccc1. The minimum Gasteiger partial charge on any atom is -0.478 e. The predicted molar refractivity (Wildman–Crippen MR) is 105 cm³/mol.